The summed E-state index contributed by atoms with van der Waals surface area (Å²) < 4.78 is 0. The Hall–Kier alpha value is -0.570. The van der Waals surface area contributed by atoms with Crippen molar-refractivity contribution < 1.29 is 9.90 Å². The van der Waals surface area contributed by atoms with E-state index in [0.717, 1.165) is 38.8 Å². The number of aliphatic carboxylic acids is 1. The number of carboxylic acid groups (broad SMARTS) is 1. The smallest absolute Gasteiger partial charge is 0.309 e. The third kappa shape index (κ3) is 3.21. The zero-order valence-corrected chi connectivity index (χ0v) is 11.7. The molecule has 0 spiro atoms. The molecule has 0 amide bonds. The van der Waals surface area contributed by atoms with Gasteiger partial charge in [0, 0.05) is 12.6 Å². The quantitative estimate of drug-likeness (QED) is 0.804. The second-order valence-electron chi connectivity index (χ2n) is 5.83. The van der Waals surface area contributed by atoms with E-state index in [1.807, 2.05) is 13.8 Å². The highest BCUT2D eigenvalue weighted by molar-refractivity contribution is 5.74. The summed E-state index contributed by atoms with van der Waals surface area (Å²) in [7, 11) is 0. The summed E-state index contributed by atoms with van der Waals surface area (Å²) in [5.41, 5.74) is -0.593. The Kier molecular flexibility index (Phi) is 4.99. The van der Waals surface area contributed by atoms with Gasteiger partial charge in [0.1, 0.15) is 0 Å². The zero-order chi connectivity index (χ0) is 13.1. The van der Waals surface area contributed by atoms with Crippen LogP contribution >= 0.6 is 0 Å². The molecule has 0 aliphatic carbocycles. The minimum atomic E-state index is -0.658. The van der Waals surface area contributed by atoms with Gasteiger partial charge in [-0.3, -0.25) is 4.79 Å². The molecule has 1 aliphatic heterocycles. The van der Waals surface area contributed by atoms with Crippen LogP contribution in [-0.4, -0.2) is 35.1 Å². The van der Waals surface area contributed by atoms with Gasteiger partial charge in [0.15, 0.2) is 0 Å². The van der Waals surface area contributed by atoms with Crippen LogP contribution in [0.15, 0.2) is 0 Å². The van der Waals surface area contributed by atoms with E-state index in [-0.39, 0.29) is 5.92 Å². The van der Waals surface area contributed by atoms with Crippen LogP contribution in [0.5, 0.6) is 0 Å². The molecule has 0 aromatic carbocycles. The standard InChI is InChI=1S/C14H27NO2/c1-5-12(6-2)15-9-7-8-11(10-15)14(3,4)13(16)17/h11-12H,5-10H2,1-4H3,(H,16,17). The SMILES string of the molecule is CCC(CC)N1CCCC(C(C)(C)C(=O)O)C1. The number of carbonyl (C=O) groups is 1. The van der Waals surface area contributed by atoms with Crippen molar-refractivity contribution in [2.24, 2.45) is 11.3 Å². The number of hydrogen-bond donors (Lipinski definition) is 1. The summed E-state index contributed by atoms with van der Waals surface area (Å²) >= 11 is 0. The molecule has 1 atom stereocenters. The lowest BCUT2D eigenvalue weighted by Gasteiger charge is -2.42. The molecule has 0 bridgehead atoms. The lowest BCUT2D eigenvalue weighted by Crippen LogP contribution is -2.48. The predicted molar refractivity (Wildman–Crippen MR) is 70.1 cm³/mol. The van der Waals surface area contributed by atoms with Crippen LogP contribution < -0.4 is 0 Å². The number of piperidine rings is 1. The Morgan fingerprint density at radius 1 is 1.41 bits per heavy atom. The van der Waals surface area contributed by atoms with Gasteiger partial charge in [0.25, 0.3) is 0 Å². The zero-order valence-electron chi connectivity index (χ0n) is 11.7. The summed E-state index contributed by atoms with van der Waals surface area (Å²) in [4.78, 5) is 13.8. The first kappa shape index (κ1) is 14.5. The van der Waals surface area contributed by atoms with E-state index in [4.69, 9.17) is 0 Å². The number of nitrogens with zero attached hydrogens (tertiary/aromatic N) is 1. The fourth-order valence-electron chi connectivity index (χ4n) is 2.91. The van der Waals surface area contributed by atoms with E-state index in [9.17, 15) is 9.90 Å². The molecule has 1 heterocycles. The Morgan fingerprint density at radius 3 is 2.47 bits per heavy atom. The van der Waals surface area contributed by atoms with Crippen LogP contribution in [0, 0.1) is 11.3 Å². The molecular weight excluding hydrogens is 214 g/mol. The van der Waals surface area contributed by atoms with Crippen molar-refractivity contribution in [2.75, 3.05) is 13.1 Å². The number of rotatable bonds is 5. The molecule has 3 heteroatoms. The summed E-state index contributed by atoms with van der Waals surface area (Å²) in [5, 5.41) is 9.31. The van der Waals surface area contributed by atoms with Gasteiger partial charge < -0.3 is 10.0 Å². The van der Waals surface area contributed by atoms with Gasteiger partial charge in [-0.05, 0) is 52.0 Å². The Balaban J connectivity index is 2.69. The largest absolute Gasteiger partial charge is 0.481 e. The maximum absolute atomic E-state index is 11.3. The van der Waals surface area contributed by atoms with Crippen molar-refractivity contribution in [1.29, 1.82) is 0 Å². The van der Waals surface area contributed by atoms with Crippen LogP contribution in [-0.2, 0) is 4.79 Å². The summed E-state index contributed by atoms with van der Waals surface area (Å²) in [6.07, 6.45) is 4.52. The van der Waals surface area contributed by atoms with Crippen molar-refractivity contribution in [3.63, 3.8) is 0 Å². The molecule has 1 fully saturated rings. The van der Waals surface area contributed by atoms with Crippen molar-refractivity contribution in [3.05, 3.63) is 0 Å². The van der Waals surface area contributed by atoms with Crippen molar-refractivity contribution in [2.45, 2.75) is 59.4 Å². The molecule has 1 rings (SSSR count). The number of hydrogen-bond acceptors (Lipinski definition) is 2. The molecule has 1 unspecified atom stereocenters. The van der Waals surface area contributed by atoms with Crippen molar-refractivity contribution in [1.82, 2.24) is 4.90 Å². The monoisotopic (exact) mass is 241 g/mol. The lowest BCUT2D eigenvalue weighted by atomic mass is 9.74. The number of likely N-dealkylation sites (tertiary alicyclic amines) is 1. The van der Waals surface area contributed by atoms with Gasteiger partial charge in [-0.25, -0.2) is 0 Å². The van der Waals surface area contributed by atoms with E-state index in [1.165, 1.54) is 0 Å². The van der Waals surface area contributed by atoms with Crippen LogP contribution in [0.3, 0.4) is 0 Å². The Morgan fingerprint density at radius 2 is 2.00 bits per heavy atom. The normalized spacial score (nSPS) is 23.0. The second-order valence-corrected chi connectivity index (χ2v) is 5.83. The minimum absolute atomic E-state index is 0.286. The van der Waals surface area contributed by atoms with Crippen LogP contribution in [0.1, 0.15) is 53.4 Å². The molecule has 17 heavy (non-hydrogen) atoms. The third-order valence-electron chi connectivity index (χ3n) is 4.48. The highest BCUT2D eigenvalue weighted by Gasteiger charge is 2.39. The Labute approximate surface area is 105 Å². The van der Waals surface area contributed by atoms with Crippen molar-refractivity contribution in [3.8, 4) is 0 Å². The Bertz CT molecular complexity index is 259. The van der Waals surface area contributed by atoms with Crippen LogP contribution in [0.4, 0.5) is 0 Å². The average Bonchev–Trinajstić information content (AvgIpc) is 2.31. The van der Waals surface area contributed by atoms with Gasteiger partial charge in [-0.1, -0.05) is 13.8 Å². The first-order chi connectivity index (χ1) is 7.93. The molecular formula is C14H27NO2. The fourth-order valence-corrected chi connectivity index (χ4v) is 2.91. The highest BCUT2D eigenvalue weighted by atomic mass is 16.4. The van der Waals surface area contributed by atoms with E-state index in [0.29, 0.717) is 6.04 Å². The van der Waals surface area contributed by atoms with Gasteiger partial charge in [0.05, 0.1) is 5.41 Å². The van der Waals surface area contributed by atoms with Crippen LogP contribution in [0.25, 0.3) is 0 Å². The second kappa shape index (κ2) is 5.85. The van der Waals surface area contributed by atoms with E-state index < -0.39 is 11.4 Å². The fraction of sp³-hybridized carbons (Fsp3) is 0.929. The molecule has 1 N–H and O–H groups in total. The minimum Gasteiger partial charge on any atom is -0.481 e. The lowest BCUT2D eigenvalue weighted by molar-refractivity contribution is -0.151. The van der Waals surface area contributed by atoms with E-state index >= 15 is 0 Å². The number of carboxylic acids is 1. The molecule has 1 aliphatic rings. The molecule has 0 aromatic rings. The molecule has 1 saturated heterocycles. The molecule has 0 saturated carbocycles. The molecule has 3 nitrogen and oxygen atoms in total. The highest BCUT2D eigenvalue weighted by Crippen LogP contribution is 2.35. The van der Waals surface area contributed by atoms with E-state index in [2.05, 4.69) is 18.7 Å². The average molecular weight is 241 g/mol. The third-order valence-corrected chi connectivity index (χ3v) is 4.48. The molecule has 0 aromatic heterocycles. The first-order valence-corrected chi connectivity index (χ1v) is 6.90. The first-order valence-electron chi connectivity index (χ1n) is 6.90. The summed E-state index contributed by atoms with van der Waals surface area (Å²) in [6.45, 7) is 10.3. The molecule has 0 radical (unpaired) electrons. The summed E-state index contributed by atoms with van der Waals surface area (Å²) in [5.74, 6) is -0.372. The van der Waals surface area contributed by atoms with Gasteiger partial charge in [-0.15, -0.1) is 0 Å². The van der Waals surface area contributed by atoms with Gasteiger partial charge in [0.2, 0.25) is 0 Å². The predicted octanol–water partition coefficient (Wildman–Crippen LogP) is 3.00. The molecule has 100 valence electrons. The van der Waals surface area contributed by atoms with E-state index in [1.54, 1.807) is 0 Å². The topological polar surface area (TPSA) is 40.5 Å². The summed E-state index contributed by atoms with van der Waals surface area (Å²) in [6, 6.07) is 0.627. The maximum Gasteiger partial charge on any atom is 0.309 e. The van der Waals surface area contributed by atoms with Gasteiger partial charge in [-0.2, -0.15) is 0 Å². The van der Waals surface area contributed by atoms with Gasteiger partial charge >= 0.3 is 5.97 Å². The maximum atomic E-state index is 11.3. The van der Waals surface area contributed by atoms with Crippen molar-refractivity contribution >= 4 is 5.97 Å². The van der Waals surface area contributed by atoms with Crippen LogP contribution in [0.2, 0.25) is 0 Å².